The molecule has 2 rings (SSSR count). The molecule has 2 nitrogen and oxygen atoms in total. The lowest BCUT2D eigenvalue weighted by atomic mass is 10.1. The van der Waals surface area contributed by atoms with Gasteiger partial charge in [-0.2, -0.15) is 0 Å². The first-order valence-corrected chi connectivity index (χ1v) is 11.0. The van der Waals surface area contributed by atoms with Gasteiger partial charge in [-0.05, 0) is 52.7 Å². The summed E-state index contributed by atoms with van der Waals surface area (Å²) in [6.07, 6.45) is 21.4. The van der Waals surface area contributed by atoms with E-state index in [1.165, 1.54) is 93.1 Å². The minimum Gasteiger partial charge on any atom is -1.00 e. The van der Waals surface area contributed by atoms with Crippen molar-refractivity contribution in [3.8, 4) is 0 Å². The molecule has 0 unspecified atom stereocenters. The summed E-state index contributed by atoms with van der Waals surface area (Å²) in [6, 6.07) is 4.49. The van der Waals surface area contributed by atoms with Gasteiger partial charge in [-0.1, -0.05) is 32.1 Å². The lowest BCUT2D eigenvalue weighted by Crippen LogP contribution is -3.00. The number of aromatic nitrogens is 2. The van der Waals surface area contributed by atoms with Crippen molar-refractivity contribution in [2.24, 2.45) is 0 Å². The normalized spacial score (nSPS) is 10.3. The van der Waals surface area contributed by atoms with Gasteiger partial charge in [0, 0.05) is 35.1 Å². The number of rotatable bonds is 12. The van der Waals surface area contributed by atoms with Crippen molar-refractivity contribution in [2.75, 3.05) is 0 Å². The van der Waals surface area contributed by atoms with Gasteiger partial charge < -0.3 is 34.0 Å². The smallest absolute Gasteiger partial charge is 0.171 e. The highest BCUT2D eigenvalue weighted by Gasteiger charge is 2.04. The second kappa shape index (κ2) is 16.0. The van der Waals surface area contributed by atoms with Crippen molar-refractivity contribution in [1.82, 2.24) is 0 Å². The molecule has 0 aliphatic carbocycles. The molecule has 164 valence electrons. The molecule has 0 N–H and O–H groups in total. The zero-order valence-corrected chi connectivity index (χ0v) is 22.1. The van der Waals surface area contributed by atoms with E-state index in [-0.39, 0.29) is 34.0 Å². The molecule has 2 heterocycles. The molecule has 4 heteroatoms. The van der Waals surface area contributed by atoms with Crippen LogP contribution in [0.4, 0.5) is 0 Å². The molecular weight excluding hydrogens is 488 g/mol. The Kier molecular flexibility index (Phi) is 15.6. The van der Waals surface area contributed by atoms with Crippen LogP contribution in [-0.2, 0) is 13.1 Å². The van der Waals surface area contributed by atoms with Crippen LogP contribution < -0.4 is 43.1 Å². The number of hydrogen-bond donors (Lipinski definition) is 0. The Bertz CT molecular complexity index is 601. The highest BCUT2D eigenvalue weighted by molar-refractivity contribution is 5.11. The second-order valence-electron chi connectivity index (χ2n) is 8.44. The molecule has 0 fully saturated rings. The highest BCUT2D eigenvalue weighted by Crippen LogP contribution is 2.10. The lowest BCUT2D eigenvalue weighted by molar-refractivity contribution is -0.698. The van der Waals surface area contributed by atoms with Gasteiger partial charge in [0.15, 0.2) is 24.8 Å². The summed E-state index contributed by atoms with van der Waals surface area (Å²) in [5.74, 6) is 0. The highest BCUT2D eigenvalue weighted by atomic mass is 79.9. The predicted octanol–water partition coefficient (Wildman–Crippen LogP) is -0.286. The summed E-state index contributed by atoms with van der Waals surface area (Å²) in [5, 5.41) is 0. The maximum absolute atomic E-state index is 2.36. The van der Waals surface area contributed by atoms with Gasteiger partial charge >= 0.3 is 0 Å². The fourth-order valence-electron chi connectivity index (χ4n) is 4.07. The molecule has 0 saturated heterocycles. The largest absolute Gasteiger partial charge is 1.00 e. The number of hydrogen-bond acceptors (Lipinski definition) is 0. The van der Waals surface area contributed by atoms with Crippen molar-refractivity contribution in [2.45, 2.75) is 98.6 Å². The summed E-state index contributed by atoms with van der Waals surface area (Å²) in [6.45, 7) is 11.1. The SMILES string of the molecule is Cc1cc(C)c[n+](CCCCCCCCCCC[n+]2cc(C)cc(C)c2)c1.[Br-].[Br-]. The van der Waals surface area contributed by atoms with Crippen LogP contribution in [0.2, 0.25) is 0 Å². The van der Waals surface area contributed by atoms with E-state index in [1.54, 1.807) is 0 Å². The third-order valence-electron chi connectivity index (χ3n) is 5.22. The van der Waals surface area contributed by atoms with Crippen LogP contribution in [-0.4, -0.2) is 0 Å². The average molecular weight is 528 g/mol. The van der Waals surface area contributed by atoms with E-state index in [1.807, 2.05) is 0 Å². The standard InChI is InChI=1S/C25H40N2.2BrH/c1-22-16-23(2)19-26(18-22)14-12-10-8-6-5-7-9-11-13-15-27-20-24(3)17-25(4)21-27;;/h16-21H,5-15H2,1-4H3;2*1H/q+2;;/p-2. The Morgan fingerprint density at radius 3 is 0.966 bits per heavy atom. The van der Waals surface area contributed by atoms with Crippen LogP contribution >= 0.6 is 0 Å². The summed E-state index contributed by atoms with van der Waals surface area (Å²) >= 11 is 0. The third-order valence-corrected chi connectivity index (χ3v) is 5.22. The van der Waals surface area contributed by atoms with Gasteiger partial charge in [0.2, 0.25) is 0 Å². The molecule has 29 heavy (non-hydrogen) atoms. The predicted molar refractivity (Wildman–Crippen MR) is 114 cm³/mol. The van der Waals surface area contributed by atoms with Crippen LogP contribution in [0.5, 0.6) is 0 Å². The molecule has 0 atom stereocenters. The molecule has 2 aromatic heterocycles. The van der Waals surface area contributed by atoms with Gasteiger partial charge in [0.05, 0.1) is 0 Å². The maximum Gasteiger partial charge on any atom is 0.171 e. The Morgan fingerprint density at radius 1 is 0.448 bits per heavy atom. The average Bonchev–Trinajstić information content (AvgIpc) is 2.58. The van der Waals surface area contributed by atoms with Crippen LogP contribution in [0.25, 0.3) is 0 Å². The Morgan fingerprint density at radius 2 is 0.690 bits per heavy atom. The summed E-state index contributed by atoms with van der Waals surface area (Å²) in [4.78, 5) is 0. The first-order valence-electron chi connectivity index (χ1n) is 11.0. The van der Waals surface area contributed by atoms with Crippen LogP contribution in [0, 0.1) is 27.7 Å². The van der Waals surface area contributed by atoms with Crippen molar-refractivity contribution >= 4 is 0 Å². The van der Waals surface area contributed by atoms with Crippen molar-refractivity contribution in [3.05, 3.63) is 59.2 Å². The van der Waals surface area contributed by atoms with Gasteiger partial charge in [0.25, 0.3) is 0 Å². The maximum atomic E-state index is 2.36. The van der Waals surface area contributed by atoms with E-state index < -0.39 is 0 Å². The first-order chi connectivity index (χ1) is 13.0. The third kappa shape index (κ3) is 12.5. The molecule has 0 aromatic carbocycles. The Balaban J connectivity index is 0.00000392. The van der Waals surface area contributed by atoms with Gasteiger partial charge in [-0.25, -0.2) is 9.13 Å². The Labute approximate surface area is 200 Å². The molecule has 0 aliphatic heterocycles. The number of halogens is 2. The van der Waals surface area contributed by atoms with E-state index in [4.69, 9.17) is 0 Å². The van der Waals surface area contributed by atoms with Crippen LogP contribution in [0.1, 0.15) is 80.0 Å². The second-order valence-corrected chi connectivity index (χ2v) is 8.44. The van der Waals surface area contributed by atoms with Gasteiger partial charge in [0.1, 0.15) is 13.1 Å². The van der Waals surface area contributed by atoms with Gasteiger partial charge in [-0.3, -0.25) is 0 Å². The van der Waals surface area contributed by atoms with Crippen LogP contribution in [0.3, 0.4) is 0 Å². The molecule has 2 aromatic rings. The first kappa shape index (κ1) is 28.3. The molecule has 0 amide bonds. The number of nitrogens with zero attached hydrogens (tertiary/aromatic N) is 2. The van der Waals surface area contributed by atoms with Crippen LogP contribution in [0.15, 0.2) is 36.9 Å². The van der Waals surface area contributed by atoms with Crippen molar-refractivity contribution < 1.29 is 43.1 Å². The number of unbranched alkanes of at least 4 members (excludes halogenated alkanes) is 8. The topological polar surface area (TPSA) is 7.76 Å². The molecule has 0 saturated carbocycles. The van der Waals surface area contributed by atoms with E-state index in [9.17, 15) is 0 Å². The molecule has 0 spiro atoms. The minimum absolute atomic E-state index is 0. The minimum atomic E-state index is 0. The quantitative estimate of drug-likeness (QED) is 0.265. The zero-order chi connectivity index (χ0) is 19.5. The zero-order valence-electron chi connectivity index (χ0n) is 18.9. The molecule has 0 aliphatic rings. The molecular formula is C25H40Br2N2. The summed E-state index contributed by atoms with van der Waals surface area (Å²) in [5.41, 5.74) is 5.47. The van der Waals surface area contributed by atoms with Crippen molar-refractivity contribution in [1.29, 1.82) is 0 Å². The number of pyridine rings is 2. The fourth-order valence-corrected chi connectivity index (χ4v) is 4.07. The fraction of sp³-hybridized carbons (Fsp3) is 0.600. The molecule has 0 radical (unpaired) electrons. The summed E-state index contributed by atoms with van der Waals surface area (Å²) in [7, 11) is 0. The Hall–Kier alpha value is -0.740. The number of aryl methyl sites for hydroxylation is 6. The van der Waals surface area contributed by atoms with E-state index >= 15 is 0 Å². The van der Waals surface area contributed by atoms with Gasteiger partial charge in [-0.15, -0.1) is 0 Å². The van der Waals surface area contributed by atoms with E-state index in [2.05, 4.69) is 73.7 Å². The summed E-state index contributed by atoms with van der Waals surface area (Å²) < 4.78 is 4.72. The van der Waals surface area contributed by atoms with E-state index in [0.29, 0.717) is 0 Å². The monoisotopic (exact) mass is 526 g/mol. The van der Waals surface area contributed by atoms with Crippen molar-refractivity contribution in [3.63, 3.8) is 0 Å². The van der Waals surface area contributed by atoms with E-state index in [0.717, 1.165) is 0 Å². The lowest BCUT2D eigenvalue weighted by Gasteiger charge is -2.03. The molecule has 0 bridgehead atoms.